The van der Waals surface area contributed by atoms with Crippen LogP contribution in [0.2, 0.25) is 0 Å². The maximum absolute atomic E-state index is 12.7. The molecule has 16 heavy (non-hydrogen) atoms. The van der Waals surface area contributed by atoms with Crippen LogP contribution >= 0.6 is 24.8 Å². The summed E-state index contributed by atoms with van der Waals surface area (Å²) in [5.74, 6) is -0.169. The predicted octanol–water partition coefficient (Wildman–Crippen LogP) is 2.25. The van der Waals surface area contributed by atoms with Crippen LogP contribution in [0.15, 0.2) is 24.3 Å². The van der Waals surface area contributed by atoms with Gasteiger partial charge in [-0.25, -0.2) is 4.39 Å². The Labute approximate surface area is 108 Å². The van der Waals surface area contributed by atoms with Crippen LogP contribution in [0.5, 0.6) is 0 Å². The molecule has 0 aliphatic carbocycles. The van der Waals surface area contributed by atoms with Crippen LogP contribution in [0.3, 0.4) is 0 Å². The zero-order chi connectivity index (χ0) is 9.97. The first-order valence-corrected chi connectivity index (χ1v) is 4.93. The molecule has 0 bridgehead atoms. The highest BCUT2D eigenvalue weighted by Crippen LogP contribution is 2.16. The molecule has 0 radical (unpaired) electrons. The molecule has 1 unspecified atom stereocenters. The first-order valence-electron chi connectivity index (χ1n) is 4.93. The smallest absolute Gasteiger partial charge is 0.123 e. The van der Waals surface area contributed by atoms with E-state index in [0.29, 0.717) is 6.04 Å². The minimum absolute atomic E-state index is 0. The number of hydrogen-bond acceptors (Lipinski definition) is 2. The maximum atomic E-state index is 12.7. The summed E-state index contributed by atoms with van der Waals surface area (Å²) in [4.78, 5) is 2.28. The Kier molecular flexibility index (Phi) is 6.91. The van der Waals surface area contributed by atoms with Gasteiger partial charge in [-0.3, -0.25) is 0 Å². The minimum atomic E-state index is -0.169. The molecule has 0 aromatic heterocycles. The highest BCUT2D eigenvalue weighted by Gasteiger charge is 2.17. The van der Waals surface area contributed by atoms with Crippen molar-refractivity contribution >= 4 is 24.8 Å². The van der Waals surface area contributed by atoms with Gasteiger partial charge >= 0.3 is 0 Å². The molecule has 5 heteroatoms. The summed E-state index contributed by atoms with van der Waals surface area (Å²) in [5, 5.41) is 3.42. The fourth-order valence-electron chi connectivity index (χ4n) is 1.82. The third-order valence-corrected chi connectivity index (χ3v) is 2.65. The van der Waals surface area contributed by atoms with E-state index >= 15 is 0 Å². The van der Waals surface area contributed by atoms with Crippen LogP contribution in [0, 0.1) is 5.82 Å². The molecule has 0 amide bonds. The van der Waals surface area contributed by atoms with Gasteiger partial charge in [0.05, 0.1) is 0 Å². The summed E-state index contributed by atoms with van der Waals surface area (Å²) >= 11 is 0. The predicted molar refractivity (Wildman–Crippen MR) is 69.1 cm³/mol. The molecule has 1 heterocycles. The fourth-order valence-corrected chi connectivity index (χ4v) is 1.82. The molecule has 0 saturated carbocycles. The van der Waals surface area contributed by atoms with E-state index in [-0.39, 0.29) is 30.6 Å². The van der Waals surface area contributed by atoms with Gasteiger partial charge in [-0.2, -0.15) is 0 Å². The van der Waals surface area contributed by atoms with Crippen molar-refractivity contribution in [3.63, 3.8) is 0 Å². The second-order valence-electron chi connectivity index (χ2n) is 3.82. The van der Waals surface area contributed by atoms with E-state index in [9.17, 15) is 4.39 Å². The molecule has 1 aromatic carbocycles. The van der Waals surface area contributed by atoms with E-state index < -0.39 is 0 Å². The molecule has 1 N–H and O–H groups in total. The van der Waals surface area contributed by atoms with Gasteiger partial charge in [-0.1, -0.05) is 12.1 Å². The second-order valence-corrected chi connectivity index (χ2v) is 3.82. The van der Waals surface area contributed by atoms with Crippen LogP contribution in [0.4, 0.5) is 4.39 Å². The van der Waals surface area contributed by atoms with Crippen molar-refractivity contribution in [3.05, 3.63) is 35.6 Å². The summed E-state index contributed by atoms with van der Waals surface area (Å²) in [7, 11) is 2.11. The molecule has 1 atom stereocenters. The Bertz CT molecular complexity index is 305. The van der Waals surface area contributed by atoms with E-state index in [1.807, 2.05) is 12.1 Å². The average molecular weight is 267 g/mol. The van der Waals surface area contributed by atoms with Crippen LogP contribution in [0.1, 0.15) is 11.6 Å². The lowest BCUT2D eigenvalue weighted by molar-refractivity contribution is 0.241. The Hall–Kier alpha value is -0.350. The molecular weight excluding hydrogens is 250 g/mol. The summed E-state index contributed by atoms with van der Waals surface area (Å²) in [6, 6.07) is 7.09. The molecule has 92 valence electrons. The van der Waals surface area contributed by atoms with Gasteiger partial charge in [0.15, 0.2) is 0 Å². The highest BCUT2D eigenvalue weighted by molar-refractivity contribution is 5.85. The molecule has 1 aliphatic heterocycles. The zero-order valence-corrected chi connectivity index (χ0v) is 10.8. The van der Waals surface area contributed by atoms with Gasteiger partial charge < -0.3 is 10.2 Å². The van der Waals surface area contributed by atoms with Crippen molar-refractivity contribution in [2.45, 2.75) is 6.04 Å². The molecule has 1 aliphatic rings. The quantitative estimate of drug-likeness (QED) is 0.839. The number of nitrogens with zero attached hydrogens (tertiary/aromatic N) is 1. The Morgan fingerprint density at radius 3 is 2.44 bits per heavy atom. The summed E-state index contributed by atoms with van der Waals surface area (Å²) in [5.41, 5.74) is 1.16. The third-order valence-electron chi connectivity index (χ3n) is 2.65. The molecule has 0 spiro atoms. The Balaban J connectivity index is 0.00000112. The molecule has 1 aromatic rings. The van der Waals surface area contributed by atoms with Crippen molar-refractivity contribution in [1.82, 2.24) is 10.2 Å². The Morgan fingerprint density at radius 1 is 1.25 bits per heavy atom. The molecular formula is C11H17Cl2FN2. The first kappa shape index (κ1) is 15.7. The van der Waals surface area contributed by atoms with E-state index in [2.05, 4.69) is 17.3 Å². The van der Waals surface area contributed by atoms with Gasteiger partial charge in [0.2, 0.25) is 0 Å². The highest BCUT2D eigenvalue weighted by atomic mass is 35.5. The van der Waals surface area contributed by atoms with E-state index in [4.69, 9.17) is 0 Å². The van der Waals surface area contributed by atoms with Crippen LogP contribution in [-0.4, -0.2) is 31.6 Å². The Morgan fingerprint density at radius 2 is 1.88 bits per heavy atom. The number of benzene rings is 1. The summed E-state index contributed by atoms with van der Waals surface area (Å²) < 4.78 is 12.7. The van der Waals surface area contributed by atoms with Gasteiger partial charge in [0, 0.05) is 25.7 Å². The lowest BCUT2D eigenvalue weighted by Gasteiger charge is -2.31. The van der Waals surface area contributed by atoms with Crippen molar-refractivity contribution in [2.24, 2.45) is 0 Å². The number of piperazine rings is 1. The molecule has 1 saturated heterocycles. The van der Waals surface area contributed by atoms with Gasteiger partial charge in [-0.15, -0.1) is 24.8 Å². The molecule has 2 nitrogen and oxygen atoms in total. The third kappa shape index (κ3) is 3.91. The fraction of sp³-hybridized carbons (Fsp3) is 0.455. The molecule has 2 rings (SSSR count). The van der Waals surface area contributed by atoms with Gasteiger partial charge in [0.1, 0.15) is 5.82 Å². The average Bonchev–Trinajstić information content (AvgIpc) is 2.19. The minimum Gasteiger partial charge on any atom is -0.308 e. The van der Waals surface area contributed by atoms with Crippen molar-refractivity contribution in [2.75, 3.05) is 26.7 Å². The maximum Gasteiger partial charge on any atom is 0.123 e. The lowest BCUT2D eigenvalue weighted by Crippen LogP contribution is -2.43. The number of nitrogens with one attached hydrogen (secondary N) is 1. The number of rotatable bonds is 1. The van der Waals surface area contributed by atoms with Gasteiger partial charge in [0.25, 0.3) is 0 Å². The zero-order valence-electron chi connectivity index (χ0n) is 9.15. The largest absolute Gasteiger partial charge is 0.308 e. The van der Waals surface area contributed by atoms with E-state index in [0.717, 1.165) is 25.2 Å². The van der Waals surface area contributed by atoms with Crippen molar-refractivity contribution in [3.8, 4) is 0 Å². The number of likely N-dealkylation sites (N-methyl/N-ethyl adjacent to an activating group) is 1. The standard InChI is InChI=1S/C11H15FN2.2ClH/c1-14-7-6-13-11(8-14)9-2-4-10(12)5-3-9;;/h2-5,11,13H,6-8H2,1H3;2*1H. The van der Waals surface area contributed by atoms with Crippen molar-refractivity contribution < 1.29 is 4.39 Å². The second kappa shape index (κ2) is 7.07. The normalized spacial score (nSPS) is 20.8. The number of hydrogen-bond donors (Lipinski definition) is 1. The van der Waals surface area contributed by atoms with Crippen LogP contribution in [0.25, 0.3) is 0 Å². The van der Waals surface area contributed by atoms with Crippen molar-refractivity contribution in [1.29, 1.82) is 0 Å². The first-order chi connectivity index (χ1) is 6.75. The van der Waals surface area contributed by atoms with Crippen LogP contribution < -0.4 is 5.32 Å². The van der Waals surface area contributed by atoms with E-state index in [1.54, 1.807) is 0 Å². The lowest BCUT2D eigenvalue weighted by atomic mass is 10.1. The summed E-state index contributed by atoms with van der Waals surface area (Å²) in [6.07, 6.45) is 0. The van der Waals surface area contributed by atoms with E-state index in [1.165, 1.54) is 12.1 Å². The monoisotopic (exact) mass is 266 g/mol. The topological polar surface area (TPSA) is 15.3 Å². The molecule has 1 fully saturated rings. The number of halogens is 3. The van der Waals surface area contributed by atoms with Gasteiger partial charge in [-0.05, 0) is 24.7 Å². The summed E-state index contributed by atoms with van der Waals surface area (Å²) in [6.45, 7) is 3.07. The SMILES string of the molecule is CN1CCNC(c2ccc(F)cc2)C1.Cl.Cl. The van der Waals surface area contributed by atoms with Crippen LogP contribution in [-0.2, 0) is 0 Å².